The molecule has 0 aliphatic heterocycles. The number of rotatable bonds is 5. The van der Waals surface area contributed by atoms with Gasteiger partial charge < -0.3 is 9.67 Å². The summed E-state index contributed by atoms with van der Waals surface area (Å²) < 4.78 is 2.05. The molecule has 0 radical (unpaired) electrons. The van der Waals surface area contributed by atoms with Crippen molar-refractivity contribution < 1.29 is 5.11 Å². The summed E-state index contributed by atoms with van der Waals surface area (Å²) in [6, 6.07) is 16.9. The van der Waals surface area contributed by atoms with Gasteiger partial charge >= 0.3 is 0 Å². The maximum atomic E-state index is 11.6. The Balaban J connectivity index is 1.75. The van der Waals surface area contributed by atoms with Crippen molar-refractivity contribution in [2.24, 2.45) is 13.0 Å². The van der Waals surface area contributed by atoms with E-state index in [4.69, 9.17) is 4.98 Å². The Kier molecular flexibility index (Phi) is 7.27. The van der Waals surface area contributed by atoms with E-state index in [2.05, 4.69) is 100 Å². The second-order valence-corrected chi connectivity index (χ2v) is 13.7. The third-order valence-electron chi connectivity index (χ3n) is 7.73. The molecule has 212 valence electrons. The number of phenols is 1. The van der Waals surface area contributed by atoms with Crippen LogP contribution in [0, 0.1) is 5.92 Å². The van der Waals surface area contributed by atoms with Crippen LogP contribution in [0.2, 0.25) is 0 Å². The van der Waals surface area contributed by atoms with Gasteiger partial charge in [0.05, 0.1) is 23.0 Å². The number of nitrogens with zero attached hydrogens (tertiary/aromatic N) is 4. The third-order valence-corrected chi connectivity index (χ3v) is 7.73. The smallest absolute Gasteiger partial charge is 0.144 e. The van der Waals surface area contributed by atoms with E-state index < -0.39 is 0 Å². The van der Waals surface area contributed by atoms with Crippen LogP contribution >= 0.6 is 0 Å². The van der Waals surface area contributed by atoms with Crippen LogP contribution in [0.4, 0.5) is 0 Å². The molecule has 0 bridgehead atoms. The quantitative estimate of drug-likeness (QED) is 0.239. The van der Waals surface area contributed by atoms with Crippen LogP contribution in [-0.2, 0) is 24.3 Å². The SMILES string of the molecule is CC(C)Cc1cc(-c2ccccn2)cc(-c2cncc3c2nc(-c2cc(C(C)(C)C)cc(C(C)(C)C)c2O)n3C)c1. The third kappa shape index (κ3) is 5.63. The summed E-state index contributed by atoms with van der Waals surface area (Å²) in [6.07, 6.45) is 6.57. The van der Waals surface area contributed by atoms with Crippen LogP contribution in [0.1, 0.15) is 72.1 Å². The Labute approximate surface area is 244 Å². The molecule has 3 aromatic heterocycles. The predicted octanol–water partition coefficient (Wildman–Crippen LogP) is 8.86. The van der Waals surface area contributed by atoms with Gasteiger partial charge in [0.1, 0.15) is 17.1 Å². The van der Waals surface area contributed by atoms with E-state index in [0.29, 0.717) is 5.92 Å². The zero-order chi connectivity index (χ0) is 29.7. The van der Waals surface area contributed by atoms with Crippen molar-refractivity contribution in [2.45, 2.75) is 72.6 Å². The van der Waals surface area contributed by atoms with E-state index in [1.807, 2.05) is 43.8 Å². The zero-order valence-electron chi connectivity index (χ0n) is 25.9. The summed E-state index contributed by atoms with van der Waals surface area (Å²) in [4.78, 5) is 14.5. The van der Waals surface area contributed by atoms with Gasteiger partial charge in [-0.1, -0.05) is 73.6 Å². The minimum absolute atomic E-state index is 0.0848. The lowest BCUT2D eigenvalue weighted by atomic mass is 9.79. The summed E-state index contributed by atoms with van der Waals surface area (Å²) in [5.41, 5.74) is 9.63. The van der Waals surface area contributed by atoms with Gasteiger partial charge in [-0.05, 0) is 70.2 Å². The van der Waals surface area contributed by atoms with Crippen molar-refractivity contribution in [3.8, 4) is 39.5 Å². The van der Waals surface area contributed by atoms with Gasteiger partial charge in [-0.2, -0.15) is 0 Å². The molecular weight excluding hydrogens is 504 g/mol. The second kappa shape index (κ2) is 10.4. The lowest BCUT2D eigenvalue weighted by molar-refractivity contribution is 0.446. The first kappa shape index (κ1) is 28.5. The number of hydrogen-bond donors (Lipinski definition) is 1. The summed E-state index contributed by atoms with van der Waals surface area (Å²) in [7, 11) is 2.00. The molecule has 3 heterocycles. The first-order valence-corrected chi connectivity index (χ1v) is 14.5. The highest BCUT2D eigenvalue weighted by Crippen LogP contribution is 2.43. The minimum Gasteiger partial charge on any atom is -0.507 e. The Hall–Kier alpha value is -3.99. The predicted molar refractivity (Wildman–Crippen MR) is 170 cm³/mol. The summed E-state index contributed by atoms with van der Waals surface area (Å²) in [5.74, 6) is 1.54. The maximum absolute atomic E-state index is 11.6. The van der Waals surface area contributed by atoms with Gasteiger partial charge in [0.15, 0.2) is 0 Å². The van der Waals surface area contributed by atoms with Gasteiger partial charge in [-0.25, -0.2) is 4.98 Å². The maximum Gasteiger partial charge on any atom is 0.144 e. The molecular formula is C36H42N4O. The molecule has 5 rings (SSSR count). The number of imidazole rings is 1. The largest absolute Gasteiger partial charge is 0.507 e. The molecule has 0 aliphatic carbocycles. The molecule has 5 aromatic rings. The van der Waals surface area contributed by atoms with E-state index in [9.17, 15) is 5.11 Å². The lowest BCUT2D eigenvalue weighted by Crippen LogP contribution is -2.17. The topological polar surface area (TPSA) is 63.8 Å². The van der Waals surface area contributed by atoms with E-state index >= 15 is 0 Å². The number of hydrogen-bond acceptors (Lipinski definition) is 4. The molecule has 5 heteroatoms. The first-order chi connectivity index (χ1) is 19.2. The second-order valence-electron chi connectivity index (χ2n) is 13.7. The van der Waals surface area contributed by atoms with Crippen molar-refractivity contribution in [1.29, 1.82) is 0 Å². The molecule has 0 saturated carbocycles. The molecule has 1 N–H and O–H groups in total. The molecule has 0 saturated heterocycles. The summed E-state index contributed by atoms with van der Waals surface area (Å²) >= 11 is 0. The minimum atomic E-state index is -0.226. The van der Waals surface area contributed by atoms with Gasteiger partial charge in [0.2, 0.25) is 0 Å². The highest BCUT2D eigenvalue weighted by atomic mass is 16.3. The molecule has 0 spiro atoms. The van der Waals surface area contributed by atoms with Crippen LogP contribution in [-0.4, -0.2) is 24.6 Å². The van der Waals surface area contributed by atoms with E-state index in [0.717, 1.165) is 56.8 Å². The fraction of sp³-hybridized carbons (Fsp3) is 0.361. The number of benzene rings is 2. The first-order valence-electron chi connectivity index (χ1n) is 14.5. The fourth-order valence-electron chi connectivity index (χ4n) is 5.48. The summed E-state index contributed by atoms with van der Waals surface area (Å²) in [6.45, 7) is 17.5. The molecule has 0 unspecified atom stereocenters. The van der Waals surface area contributed by atoms with Crippen LogP contribution in [0.15, 0.2) is 67.1 Å². The van der Waals surface area contributed by atoms with Crippen LogP contribution in [0.3, 0.4) is 0 Å². The van der Waals surface area contributed by atoms with E-state index in [-0.39, 0.29) is 16.6 Å². The van der Waals surface area contributed by atoms with Gasteiger partial charge in [0.25, 0.3) is 0 Å². The lowest BCUT2D eigenvalue weighted by Gasteiger charge is -2.27. The van der Waals surface area contributed by atoms with Crippen molar-refractivity contribution in [1.82, 2.24) is 19.5 Å². The number of aromatic nitrogens is 4. The molecule has 2 aromatic carbocycles. The van der Waals surface area contributed by atoms with Gasteiger partial charge in [-0.3, -0.25) is 9.97 Å². The number of aryl methyl sites for hydroxylation is 1. The molecule has 0 atom stereocenters. The number of aromatic hydroxyl groups is 1. The van der Waals surface area contributed by atoms with Crippen molar-refractivity contribution >= 4 is 11.0 Å². The van der Waals surface area contributed by atoms with Crippen LogP contribution in [0.25, 0.3) is 44.8 Å². The fourth-order valence-corrected chi connectivity index (χ4v) is 5.48. The van der Waals surface area contributed by atoms with Crippen LogP contribution < -0.4 is 0 Å². The molecule has 0 aliphatic rings. The Morgan fingerprint density at radius 1 is 0.854 bits per heavy atom. The Bertz CT molecular complexity index is 1720. The Morgan fingerprint density at radius 2 is 1.59 bits per heavy atom. The summed E-state index contributed by atoms with van der Waals surface area (Å²) in [5, 5.41) is 11.6. The highest BCUT2D eigenvalue weighted by molar-refractivity contribution is 5.94. The highest BCUT2D eigenvalue weighted by Gasteiger charge is 2.27. The van der Waals surface area contributed by atoms with E-state index in [1.54, 1.807) is 0 Å². The average Bonchev–Trinajstić information content (AvgIpc) is 3.23. The standard InChI is InChI=1S/C36H42N4O/c1-22(2)14-23-15-24(17-25(16-23)30-12-10-11-13-38-30)28-20-37-21-31-32(28)39-34(40(31)9)27-18-26(35(3,4)5)19-29(33(27)41)36(6,7)8/h10-13,15-22,41H,14H2,1-9H3. The number of fused-ring (bicyclic) bond motifs is 1. The normalized spacial score (nSPS) is 12.4. The molecule has 5 nitrogen and oxygen atoms in total. The van der Waals surface area contributed by atoms with Gasteiger partial charge in [-0.15, -0.1) is 0 Å². The Morgan fingerprint density at radius 3 is 2.22 bits per heavy atom. The van der Waals surface area contributed by atoms with E-state index in [1.165, 1.54) is 11.1 Å². The molecule has 0 fully saturated rings. The zero-order valence-corrected chi connectivity index (χ0v) is 25.9. The van der Waals surface area contributed by atoms with Crippen molar-refractivity contribution in [2.75, 3.05) is 0 Å². The monoisotopic (exact) mass is 546 g/mol. The van der Waals surface area contributed by atoms with Gasteiger partial charge in [0, 0.05) is 36.1 Å². The number of phenolic OH excluding ortho intramolecular Hbond substituents is 1. The van der Waals surface area contributed by atoms with Crippen molar-refractivity contribution in [3.63, 3.8) is 0 Å². The molecule has 0 amide bonds. The molecule has 41 heavy (non-hydrogen) atoms. The average molecular weight is 547 g/mol. The number of pyridine rings is 2. The van der Waals surface area contributed by atoms with Crippen molar-refractivity contribution in [3.05, 3.63) is 83.8 Å². The van der Waals surface area contributed by atoms with Crippen LogP contribution in [0.5, 0.6) is 5.75 Å².